The maximum absolute atomic E-state index is 11.3. The van der Waals surface area contributed by atoms with E-state index in [9.17, 15) is 4.79 Å². The Kier molecular flexibility index (Phi) is 1.90. The summed E-state index contributed by atoms with van der Waals surface area (Å²) in [4.78, 5) is 13.3. The van der Waals surface area contributed by atoms with Crippen molar-refractivity contribution in [2.75, 3.05) is 12.3 Å². The zero-order chi connectivity index (χ0) is 7.68. The van der Waals surface area contributed by atoms with Gasteiger partial charge in [0.1, 0.15) is 0 Å². The number of hydrogen-bond donors (Lipinski definition) is 0. The number of nitrogens with zero attached hydrogens (tertiary/aromatic N) is 1. The molecule has 0 aromatic carbocycles. The number of carbonyl (C=O) groups excluding carboxylic acids is 1. The molecule has 0 bridgehead atoms. The van der Waals surface area contributed by atoms with Crippen LogP contribution in [0, 0.1) is 0 Å². The summed E-state index contributed by atoms with van der Waals surface area (Å²) in [6, 6.07) is 0. The van der Waals surface area contributed by atoms with Crippen LogP contribution in [-0.2, 0) is 4.79 Å². The van der Waals surface area contributed by atoms with Crippen LogP contribution in [0.2, 0.25) is 0 Å². The molecular weight excluding hydrogens is 158 g/mol. The topological polar surface area (TPSA) is 20.3 Å². The van der Waals surface area contributed by atoms with Gasteiger partial charge in [0.15, 0.2) is 0 Å². The van der Waals surface area contributed by atoms with E-state index in [1.165, 1.54) is 12.8 Å². The fraction of sp³-hybridized carbons (Fsp3) is 0.625. The molecule has 1 fully saturated rings. The van der Waals surface area contributed by atoms with Crippen LogP contribution < -0.4 is 0 Å². The smallest absolute Gasteiger partial charge is 0.247 e. The summed E-state index contributed by atoms with van der Waals surface area (Å²) in [5.41, 5.74) is 0. The molecule has 2 heterocycles. The van der Waals surface area contributed by atoms with E-state index < -0.39 is 0 Å². The molecule has 1 saturated heterocycles. The van der Waals surface area contributed by atoms with Gasteiger partial charge in [-0.3, -0.25) is 4.79 Å². The maximum atomic E-state index is 11.3. The Morgan fingerprint density at radius 1 is 1.64 bits per heavy atom. The Morgan fingerprint density at radius 2 is 2.55 bits per heavy atom. The van der Waals surface area contributed by atoms with Crippen LogP contribution >= 0.6 is 11.8 Å². The van der Waals surface area contributed by atoms with E-state index in [4.69, 9.17) is 0 Å². The van der Waals surface area contributed by atoms with Gasteiger partial charge in [-0.2, -0.15) is 0 Å². The largest absolute Gasteiger partial charge is 0.327 e. The molecular formula is C8H11NOS. The lowest BCUT2D eigenvalue weighted by Crippen LogP contribution is -2.31. The van der Waals surface area contributed by atoms with E-state index in [0.29, 0.717) is 5.37 Å². The van der Waals surface area contributed by atoms with Gasteiger partial charge >= 0.3 is 0 Å². The van der Waals surface area contributed by atoms with Crippen molar-refractivity contribution in [3.05, 3.63) is 12.2 Å². The summed E-state index contributed by atoms with van der Waals surface area (Å²) in [6.07, 6.45) is 6.03. The molecule has 0 aromatic rings. The van der Waals surface area contributed by atoms with Gasteiger partial charge in [0, 0.05) is 12.3 Å². The number of rotatable bonds is 0. The summed E-state index contributed by atoms with van der Waals surface area (Å²) >= 11 is 1.88. The summed E-state index contributed by atoms with van der Waals surface area (Å²) in [5, 5.41) is 0.470. The summed E-state index contributed by atoms with van der Waals surface area (Å²) in [6.45, 7) is 0.959. The Labute approximate surface area is 70.6 Å². The Morgan fingerprint density at radius 3 is 3.45 bits per heavy atom. The van der Waals surface area contributed by atoms with Crippen molar-refractivity contribution in [1.29, 1.82) is 0 Å². The first-order chi connectivity index (χ1) is 5.38. The molecule has 0 spiro atoms. The maximum Gasteiger partial charge on any atom is 0.247 e. The predicted octanol–water partition coefficient (Wildman–Crippen LogP) is 1.24. The van der Waals surface area contributed by atoms with Gasteiger partial charge in [0.05, 0.1) is 5.37 Å². The molecule has 11 heavy (non-hydrogen) atoms. The van der Waals surface area contributed by atoms with Crippen LogP contribution in [0.15, 0.2) is 12.2 Å². The van der Waals surface area contributed by atoms with E-state index >= 15 is 0 Å². The lowest BCUT2D eigenvalue weighted by molar-refractivity contribution is -0.125. The zero-order valence-corrected chi connectivity index (χ0v) is 7.14. The molecule has 3 heteroatoms. The number of thioether (sulfide) groups is 1. The Balaban J connectivity index is 2.16. The van der Waals surface area contributed by atoms with Crippen LogP contribution in [-0.4, -0.2) is 28.5 Å². The second kappa shape index (κ2) is 2.89. The average Bonchev–Trinajstić information content (AvgIpc) is 2.40. The first kappa shape index (κ1) is 7.22. The molecule has 1 amide bonds. The van der Waals surface area contributed by atoms with Crippen LogP contribution in [0.3, 0.4) is 0 Å². The summed E-state index contributed by atoms with van der Waals surface area (Å²) in [5.74, 6) is 1.20. The van der Waals surface area contributed by atoms with E-state index in [0.717, 1.165) is 12.3 Å². The molecule has 1 atom stereocenters. The van der Waals surface area contributed by atoms with Crippen LogP contribution in [0.4, 0.5) is 0 Å². The molecule has 2 rings (SSSR count). The van der Waals surface area contributed by atoms with E-state index in [1.54, 1.807) is 6.08 Å². The first-order valence-electron chi connectivity index (χ1n) is 3.97. The highest BCUT2D eigenvalue weighted by Gasteiger charge is 2.28. The lowest BCUT2D eigenvalue weighted by Gasteiger charge is -2.20. The number of fused-ring (bicyclic) bond motifs is 1. The number of amides is 1. The minimum Gasteiger partial charge on any atom is -0.327 e. The van der Waals surface area contributed by atoms with Crippen molar-refractivity contribution in [2.45, 2.75) is 18.2 Å². The molecule has 0 radical (unpaired) electrons. The molecule has 1 unspecified atom stereocenters. The van der Waals surface area contributed by atoms with Crippen LogP contribution in [0.5, 0.6) is 0 Å². The van der Waals surface area contributed by atoms with Gasteiger partial charge in [0.25, 0.3) is 0 Å². The first-order valence-corrected chi connectivity index (χ1v) is 5.01. The van der Waals surface area contributed by atoms with Crippen LogP contribution in [0.25, 0.3) is 0 Å². The minimum atomic E-state index is 0.206. The Hall–Kier alpha value is -0.440. The molecule has 2 nitrogen and oxygen atoms in total. The SMILES string of the molecule is O=C1C=CCSC2CCCN12. The van der Waals surface area contributed by atoms with E-state index in [1.807, 2.05) is 22.7 Å². The standard InChI is InChI=1S/C8H11NOS/c10-7-3-2-6-11-8-4-1-5-9(7)8/h2-3,8H,1,4-6H2. The second-order valence-corrected chi connectivity index (χ2v) is 4.08. The van der Waals surface area contributed by atoms with E-state index in [-0.39, 0.29) is 5.91 Å². The number of carbonyl (C=O) groups is 1. The predicted molar refractivity (Wildman–Crippen MR) is 46.3 cm³/mol. The van der Waals surface area contributed by atoms with Gasteiger partial charge in [0.2, 0.25) is 5.91 Å². The van der Waals surface area contributed by atoms with Crippen molar-refractivity contribution in [3.8, 4) is 0 Å². The quantitative estimate of drug-likeness (QED) is 0.543. The molecule has 0 N–H and O–H groups in total. The molecule has 0 aromatic heterocycles. The minimum absolute atomic E-state index is 0.206. The fourth-order valence-corrected chi connectivity index (χ4v) is 2.72. The average molecular weight is 169 g/mol. The highest BCUT2D eigenvalue weighted by Crippen LogP contribution is 2.28. The lowest BCUT2D eigenvalue weighted by atomic mass is 10.4. The molecule has 0 aliphatic carbocycles. The van der Waals surface area contributed by atoms with Crippen molar-refractivity contribution in [1.82, 2.24) is 4.90 Å². The highest BCUT2D eigenvalue weighted by molar-refractivity contribution is 8.00. The Bertz CT molecular complexity index is 202. The van der Waals surface area contributed by atoms with Crippen LogP contribution in [0.1, 0.15) is 12.8 Å². The van der Waals surface area contributed by atoms with Gasteiger partial charge in [-0.25, -0.2) is 0 Å². The third-order valence-electron chi connectivity index (χ3n) is 2.13. The molecule has 2 aliphatic rings. The summed E-state index contributed by atoms with van der Waals surface area (Å²) < 4.78 is 0. The van der Waals surface area contributed by atoms with Crippen molar-refractivity contribution in [3.63, 3.8) is 0 Å². The van der Waals surface area contributed by atoms with E-state index in [2.05, 4.69) is 0 Å². The molecule has 0 saturated carbocycles. The van der Waals surface area contributed by atoms with Gasteiger partial charge in [-0.1, -0.05) is 6.08 Å². The fourth-order valence-electron chi connectivity index (χ4n) is 1.57. The van der Waals surface area contributed by atoms with Gasteiger partial charge in [-0.15, -0.1) is 11.8 Å². The number of hydrogen-bond acceptors (Lipinski definition) is 2. The molecule has 60 valence electrons. The van der Waals surface area contributed by atoms with Gasteiger partial charge < -0.3 is 4.90 Å². The van der Waals surface area contributed by atoms with Crippen molar-refractivity contribution in [2.24, 2.45) is 0 Å². The third-order valence-corrected chi connectivity index (χ3v) is 3.39. The molecule has 2 aliphatic heterocycles. The zero-order valence-electron chi connectivity index (χ0n) is 6.32. The summed E-state index contributed by atoms with van der Waals surface area (Å²) in [7, 11) is 0. The monoisotopic (exact) mass is 169 g/mol. The normalized spacial score (nSPS) is 30.4. The van der Waals surface area contributed by atoms with Gasteiger partial charge in [-0.05, 0) is 18.9 Å². The van der Waals surface area contributed by atoms with Crippen molar-refractivity contribution < 1.29 is 4.79 Å². The highest BCUT2D eigenvalue weighted by atomic mass is 32.2. The van der Waals surface area contributed by atoms with Crippen molar-refractivity contribution >= 4 is 17.7 Å². The second-order valence-electron chi connectivity index (χ2n) is 2.86. The third kappa shape index (κ3) is 1.29.